The van der Waals surface area contributed by atoms with Crippen LogP contribution in [0.25, 0.3) is 16.6 Å². The van der Waals surface area contributed by atoms with Gasteiger partial charge < -0.3 is 19.7 Å². The number of hydrogen-bond donors (Lipinski definition) is 2. The Morgan fingerprint density at radius 3 is 2.65 bits per heavy atom. The van der Waals surface area contributed by atoms with Gasteiger partial charge >= 0.3 is 0 Å². The lowest BCUT2D eigenvalue weighted by Gasteiger charge is -2.38. The van der Waals surface area contributed by atoms with Gasteiger partial charge in [0.05, 0.1) is 59.9 Å². The van der Waals surface area contributed by atoms with Crippen LogP contribution in [0.3, 0.4) is 0 Å². The Kier molecular flexibility index (Phi) is 12.8. The van der Waals surface area contributed by atoms with E-state index in [1.807, 2.05) is 18.2 Å². The van der Waals surface area contributed by atoms with Gasteiger partial charge in [-0.2, -0.15) is 15.3 Å². The van der Waals surface area contributed by atoms with Crippen molar-refractivity contribution in [2.45, 2.75) is 88.1 Å². The number of ether oxygens (including phenoxy) is 2. The van der Waals surface area contributed by atoms with Crippen LogP contribution in [0, 0.1) is 17.8 Å². The van der Waals surface area contributed by atoms with Gasteiger partial charge in [0.2, 0.25) is 11.8 Å². The number of carbonyl (C=O) groups is 3. The van der Waals surface area contributed by atoms with E-state index in [0.29, 0.717) is 62.4 Å². The lowest BCUT2D eigenvalue weighted by atomic mass is 9.85. The van der Waals surface area contributed by atoms with Crippen molar-refractivity contribution in [2.24, 2.45) is 13.0 Å². The highest BCUT2D eigenvalue weighted by Gasteiger charge is 2.35. The molecule has 16 nitrogen and oxygen atoms in total. The summed E-state index contributed by atoms with van der Waals surface area (Å²) in [5.41, 5.74) is 1.51. The largest absolute Gasteiger partial charge is 0.369 e. The lowest BCUT2D eigenvalue weighted by molar-refractivity contribution is -0.134. The van der Waals surface area contributed by atoms with Gasteiger partial charge in [0, 0.05) is 57.4 Å². The van der Waals surface area contributed by atoms with Crippen molar-refractivity contribution in [1.82, 2.24) is 44.4 Å². The van der Waals surface area contributed by atoms with Gasteiger partial charge in [-0.05, 0) is 56.6 Å². The maximum absolute atomic E-state index is 15.5. The second-order valence-electron chi connectivity index (χ2n) is 17.1. The number of imide groups is 1. The Morgan fingerprint density at radius 2 is 1.88 bits per heavy atom. The van der Waals surface area contributed by atoms with Crippen molar-refractivity contribution < 1.29 is 45.8 Å². The highest BCUT2D eigenvalue weighted by atomic mass is 19.3. The average Bonchev–Trinajstić information content (AvgIpc) is 4.01. The fourth-order valence-corrected chi connectivity index (χ4v) is 9.49. The van der Waals surface area contributed by atoms with Gasteiger partial charge in [0.15, 0.2) is 11.3 Å². The molecule has 4 fully saturated rings. The Hall–Kier alpha value is -5.98. The zero-order valence-corrected chi connectivity index (χ0v) is 35.5. The number of alkyl halides is 5. The summed E-state index contributed by atoms with van der Waals surface area (Å²) >= 11 is 0. The minimum absolute atomic E-state index is 0.0123. The molecule has 2 unspecified atom stereocenters. The number of morpholine rings is 1. The Morgan fingerprint density at radius 1 is 1.05 bits per heavy atom. The summed E-state index contributed by atoms with van der Waals surface area (Å²) in [5, 5.41) is 18.7. The van der Waals surface area contributed by atoms with Crippen LogP contribution < -0.4 is 15.5 Å². The van der Waals surface area contributed by atoms with E-state index in [2.05, 4.69) is 47.7 Å². The molecule has 1 saturated carbocycles. The minimum Gasteiger partial charge on any atom is -0.369 e. The number of piperidine rings is 2. The van der Waals surface area contributed by atoms with E-state index in [-0.39, 0.29) is 73.4 Å². The summed E-state index contributed by atoms with van der Waals surface area (Å²) in [6, 6.07) is 7.00. The topological polar surface area (TPSA) is 166 Å². The maximum Gasteiger partial charge on any atom is 0.284 e. The monoisotopic (exact) mass is 905 g/mol. The molecule has 2 N–H and O–H groups in total. The van der Waals surface area contributed by atoms with Crippen molar-refractivity contribution >= 4 is 45.8 Å². The molecule has 21 heteroatoms. The fraction of sp³-hybridized carbons (Fsp3) is 0.523. The molecule has 4 atom stereocenters. The summed E-state index contributed by atoms with van der Waals surface area (Å²) < 4.78 is 86.3. The summed E-state index contributed by atoms with van der Waals surface area (Å²) in [5.74, 6) is 4.88. The van der Waals surface area contributed by atoms with Crippen molar-refractivity contribution in [1.29, 1.82) is 0 Å². The third kappa shape index (κ3) is 9.42. The van der Waals surface area contributed by atoms with E-state index in [9.17, 15) is 31.9 Å². The molecule has 4 aliphatic rings. The summed E-state index contributed by atoms with van der Waals surface area (Å²) in [4.78, 5) is 46.0. The Bertz CT molecular complexity index is 2630. The van der Waals surface area contributed by atoms with Crippen molar-refractivity contribution in [2.75, 3.05) is 56.2 Å². The van der Waals surface area contributed by atoms with Crippen LogP contribution in [-0.4, -0.2) is 128 Å². The first kappa shape index (κ1) is 44.2. The molecule has 7 heterocycles. The smallest absolute Gasteiger partial charge is 0.284 e. The van der Waals surface area contributed by atoms with Gasteiger partial charge in [-0.15, -0.1) is 0 Å². The Balaban J connectivity index is 0.757. The number of fused-ring (bicyclic) bond motifs is 2. The summed E-state index contributed by atoms with van der Waals surface area (Å²) in [6.07, 6.45) is -0.426. The maximum atomic E-state index is 15.5. The number of carbonyl (C=O) groups excluding carboxylic acids is 3. The highest BCUT2D eigenvalue weighted by Crippen LogP contribution is 2.36. The standard InChI is InChI=1S/C44H48F5N11O5/c1-56-39-26(4-2-6-28(39)37(54-56)29-11-12-36(61)53-43(29)62)5-3-18-64-33-13-15-57(22-31(33)45)21-25-7-9-27(10-8-25)60-23-32(38(55-60)41(48)49)51-44(63)30-20-50-59-16-14-35(52-42(30)59)58-17-19-65-34(24-58)40(46)47/h2,4,6,14,16,20,23,25,27,29,31,33-34,40-41H,7-13,15,17-19,21-22,24H2,1H3,(H,51,63)(H,53,61,62)/t25-,27-,29?,31-,33+,34?/m0/s1. The van der Waals surface area contributed by atoms with Crippen molar-refractivity contribution in [3.05, 3.63) is 65.4 Å². The van der Waals surface area contributed by atoms with E-state index in [0.717, 1.165) is 23.7 Å². The summed E-state index contributed by atoms with van der Waals surface area (Å²) in [6.45, 7) is 1.94. The molecular formula is C44H48F5N11O5. The summed E-state index contributed by atoms with van der Waals surface area (Å²) in [7, 11) is 1.78. The number of nitrogens with one attached hydrogen (secondary N) is 2. The van der Waals surface area contributed by atoms with Crippen LogP contribution in [0.1, 0.15) is 90.6 Å². The van der Waals surface area contributed by atoms with Crippen LogP contribution in [0.2, 0.25) is 0 Å². The number of aromatic nitrogens is 7. The number of hydrogen-bond acceptors (Lipinski definition) is 11. The molecule has 0 radical (unpaired) electrons. The molecule has 1 aromatic carbocycles. The highest BCUT2D eigenvalue weighted by molar-refractivity contribution is 6.08. The lowest BCUT2D eigenvalue weighted by Crippen LogP contribution is -2.47. The van der Waals surface area contributed by atoms with E-state index >= 15 is 4.39 Å². The van der Waals surface area contributed by atoms with E-state index < -0.39 is 48.7 Å². The molecule has 65 heavy (non-hydrogen) atoms. The number of nitrogens with zero attached hydrogens (tertiary/aromatic N) is 9. The molecule has 9 rings (SSSR count). The van der Waals surface area contributed by atoms with Gasteiger partial charge in [0.25, 0.3) is 18.8 Å². The fourth-order valence-electron chi connectivity index (χ4n) is 9.49. The molecule has 3 aliphatic heterocycles. The number of halogens is 5. The zero-order chi connectivity index (χ0) is 45.4. The van der Waals surface area contributed by atoms with Gasteiger partial charge in [-0.3, -0.25) is 34.0 Å². The number of amides is 3. The molecule has 4 aromatic heterocycles. The van der Waals surface area contributed by atoms with Crippen LogP contribution in [-0.2, 0) is 26.1 Å². The predicted molar refractivity (Wildman–Crippen MR) is 225 cm³/mol. The first-order chi connectivity index (χ1) is 31.4. The first-order valence-corrected chi connectivity index (χ1v) is 21.8. The molecular weight excluding hydrogens is 858 g/mol. The first-order valence-electron chi connectivity index (χ1n) is 21.8. The SMILES string of the molecule is Cn1nc(C2CCC(=O)NC2=O)c2cccc(C#CCO[C@@H]3CCN(C[C@H]4CC[C@H](n5cc(NC(=O)c6cnn7ccc(N8CCOC(C(F)F)C8)nc67)c(C(F)F)n5)CC4)C[C@@H]3F)c21. The van der Waals surface area contributed by atoms with Crippen molar-refractivity contribution in [3.63, 3.8) is 0 Å². The van der Waals surface area contributed by atoms with Crippen LogP contribution >= 0.6 is 0 Å². The van der Waals surface area contributed by atoms with Crippen LogP contribution in [0.4, 0.5) is 33.5 Å². The third-order valence-electron chi connectivity index (χ3n) is 12.8. The molecule has 0 spiro atoms. The van der Waals surface area contributed by atoms with Gasteiger partial charge in [-0.1, -0.05) is 24.0 Å². The quantitative estimate of drug-likeness (QED) is 0.102. The predicted octanol–water partition coefficient (Wildman–Crippen LogP) is 5.20. The van der Waals surface area contributed by atoms with Gasteiger partial charge in [-0.25, -0.2) is 31.5 Å². The van der Waals surface area contributed by atoms with E-state index in [4.69, 9.17) is 9.47 Å². The number of aryl methyl sites for hydroxylation is 1. The number of rotatable bonds is 11. The number of likely N-dealkylation sites (tertiary alicyclic amines) is 1. The molecule has 3 saturated heterocycles. The second-order valence-corrected chi connectivity index (χ2v) is 17.1. The molecule has 3 amide bonds. The second kappa shape index (κ2) is 18.9. The molecule has 5 aromatic rings. The van der Waals surface area contributed by atoms with Crippen LogP contribution in [0.15, 0.2) is 42.9 Å². The number of anilines is 2. The van der Waals surface area contributed by atoms with Gasteiger partial charge in [0.1, 0.15) is 30.3 Å². The Labute approximate surface area is 369 Å². The zero-order valence-electron chi connectivity index (χ0n) is 35.5. The van der Waals surface area contributed by atoms with E-state index in [1.165, 1.54) is 21.6 Å². The third-order valence-corrected chi connectivity index (χ3v) is 12.8. The van der Waals surface area contributed by atoms with E-state index in [1.54, 1.807) is 28.9 Å². The molecule has 0 bridgehead atoms. The number of para-hydroxylation sites is 1. The number of benzene rings is 1. The van der Waals surface area contributed by atoms with Crippen molar-refractivity contribution in [3.8, 4) is 11.8 Å². The normalized spacial score (nSPS) is 24.5. The van der Waals surface area contributed by atoms with Crippen LogP contribution in [0.5, 0.6) is 0 Å². The average molecular weight is 906 g/mol. The molecule has 344 valence electrons. The molecule has 1 aliphatic carbocycles. The minimum atomic E-state index is -2.96.